The van der Waals surface area contributed by atoms with Crippen molar-refractivity contribution >= 4 is 6.09 Å². The molecule has 0 aromatic heterocycles. The van der Waals surface area contributed by atoms with Crippen LogP contribution in [0.1, 0.15) is 24.5 Å². The lowest BCUT2D eigenvalue weighted by atomic mass is 9.92. The number of carbonyl (C=O) groups excluding carboxylic acids is 1. The van der Waals surface area contributed by atoms with Crippen molar-refractivity contribution in [2.75, 3.05) is 6.54 Å². The average Bonchev–Trinajstić information content (AvgIpc) is 2.75. The van der Waals surface area contributed by atoms with E-state index in [4.69, 9.17) is 9.47 Å². The second-order valence-electron chi connectivity index (χ2n) is 7.10. The first-order valence-electron chi connectivity index (χ1n) is 9.69. The Kier molecular flexibility index (Phi) is 6.84. The van der Waals surface area contributed by atoms with E-state index in [1.165, 1.54) is 12.1 Å². The lowest BCUT2D eigenvalue weighted by Gasteiger charge is -2.31. The molecule has 1 unspecified atom stereocenters. The number of hydrogen-bond acceptors (Lipinski definition) is 3. The maximum atomic E-state index is 12.8. The Bertz CT molecular complexity index is 976. The van der Waals surface area contributed by atoms with Gasteiger partial charge in [-0.25, -0.2) is 4.79 Å². The SMILES string of the molecule is CC(CCNC(=O)Oc1ccccc1)(Oc1ccc(C(F)(F)F)cc1)c1ccccc1. The minimum atomic E-state index is -4.41. The molecule has 0 saturated carbocycles. The van der Waals surface area contributed by atoms with E-state index in [9.17, 15) is 18.0 Å². The Labute approximate surface area is 178 Å². The molecular formula is C24H22F3NO3. The number of carbonyl (C=O) groups is 1. The average molecular weight is 429 g/mol. The summed E-state index contributed by atoms with van der Waals surface area (Å²) in [6.07, 6.45) is -4.65. The van der Waals surface area contributed by atoms with Crippen LogP contribution in [0.25, 0.3) is 0 Å². The van der Waals surface area contributed by atoms with E-state index in [2.05, 4.69) is 5.32 Å². The molecule has 1 atom stereocenters. The summed E-state index contributed by atoms with van der Waals surface area (Å²) in [5, 5.41) is 2.68. The van der Waals surface area contributed by atoms with Gasteiger partial charge in [-0.3, -0.25) is 0 Å². The first-order chi connectivity index (χ1) is 14.8. The number of benzene rings is 3. The molecule has 0 fully saturated rings. The first kappa shape index (κ1) is 22.2. The fraction of sp³-hybridized carbons (Fsp3) is 0.208. The molecule has 0 aliphatic carbocycles. The zero-order chi connectivity index (χ0) is 22.3. The van der Waals surface area contributed by atoms with Crippen LogP contribution in [0.4, 0.5) is 18.0 Å². The summed E-state index contributed by atoms with van der Waals surface area (Å²) in [4.78, 5) is 12.0. The first-order valence-corrected chi connectivity index (χ1v) is 9.69. The molecule has 0 bridgehead atoms. The molecule has 0 saturated heterocycles. The quantitative estimate of drug-likeness (QED) is 0.488. The van der Waals surface area contributed by atoms with Crippen molar-refractivity contribution in [1.82, 2.24) is 5.32 Å². The van der Waals surface area contributed by atoms with Gasteiger partial charge in [0.1, 0.15) is 17.1 Å². The topological polar surface area (TPSA) is 47.6 Å². The number of nitrogens with one attached hydrogen (secondary N) is 1. The highest BCUT2D eigenvalue weighted by Gasteiger charge is 2.32. The van der Waals surface area contributed by atoms with Gasteiger partial charge in [0.25, 0.3) is 0 Å². The van der Waals surface area contributed by atoms with Crippen LogP contribution in [-0.2, 0) is 11.8 Å². The number of rotatable bonds is 7. The normalized spacial score (nSPS) is 13.2. The Morgan fingerprint density at radius 3 is 1.97 bits per heavy atom. The molecule has 0 radical (unpaired) electrons. The van der Waals surface area contributed by atoms with Gasteiger partial charge >= 0.3 is 12.3 Å². The van der Waals surface area contributed by atoms with E-state index < -0.39 is 23.4 Å². The van der Waals surface area contributed by atoms with Gasteiger partial charge in [0.2, 0.25) is 0 Å². The minimum absolute atomic E-state index is 0.234. The van der Waals surface area contributed by atoms with Crippen LogP contribution in [0.2, 0.25) is 0 Å². The van der Waals surface area contributed by atoms with Crippen molar-refractivity contribution in [2.24, 2.45) is 0 Å². The lowest BCUT2D eigenvalue weighted by Crippen LogP contribution is -2.36. The summed E-state index contributed by atoms with van der Waals surface area (Å²) in [5.74, 6) is 0.720. The van der Waals surface area contributed by atoms with Gasteiger partial charge in [-0.15, -0.1) is 0 Å². The van der Waals surface area contributed by atoms with E-state index in [0.717, 1.165) is 17.7 Å². The number of para-hydroxylation sites is 1. The van der Waals surface area contributed by atoms with Crippen molar-refractivity contribution in [3.63, 3.8) is 0 Å². The van der Waals surface area contributed by atoms with Gasteiger partial charge in [0.05, 0.1) is 5.56 Å². The maximum Gasteiger partial charge on any atom is 0.416 e. The number of ether oxygens (including phenoxy) is 2. The van der Waals surface area contributed by atoms with E-state index >= 15 is 0 Å². The van der Waals surface area contributed by atoms with E-state index in [1.54, 1.807) is 24.3 Å². The molecule has 3 aromatic rings. The molecule has 0 heterocycles. The molecule has 7 heteroatoms. The molecule has 1 amide bonds. The van der Waals surface area contributed by atoms with Crippen LogP contribution < -0.4 is 14.8 Å². The monoisotopic (exact) mass is 429 g/mol. The summed E-state index contributed by atoms with van der Waals surface area (Å²) in [6, 6.07) is 22.5. The maximum absolute atomic E-state index is 12.8. The summed E-state index contributed by atoms with van der Waals surface area (Å²) >= 11 is 0. The van der Waals surface area contributed by atoms with Crippen molar-refractivity contribution in [2.45, 2.75) is 25.1 Å². The van der Waals surface area contributed by atoms with Gasteiger partial charge < -0.3 is 14.8 Å². The van der Waals surface area contributed by atoms with Gasteiger partial charge in [-0.05, 0) is 48.9 Å². The van der Waals surface area contributed by atoms with Crippen molar-refractivity contribution < 1.29 is 27.4 Å². The van der Waals surface area contributed by atoms with Gasteiger partial charge in [-0.1, -0.05) is 48.5 Å². The number of hydrogen-bond donors (Lipinski definition) is 1. The summed E-state index contributed by atoms with van der Waals surface area (Å²) in [5.41, 5.74) is -0.805. The Balaban J connectivity index is 1.68. The molecule has 31 heavy (non-hydrogen) atoms. The van der Waals surface area contributed by atoms with Gasteiger partial charge in [-0.2, -0.15) is 13.2 Å². The molecule has 3 rings (SSSR count). The fourth-order valence-electron chi connectivity index (χ4n) is 3.05. The summed E-state index contributed by atoms with van der Waals surface area (Å²) in [7, 11) is 0. The third-order valence-corrected chi connectivity index (χ3v) is 4.73. The smallest absolute Gasteiger partial charge is 0.416 e. The highest BCUT2D eigenvalue weighted by Crippen LogP contribution is 2.34. The van der Waals surface area contributed by atoms with Crippen LogP contribution in [0.3, 0.4) is 0 Å². The second-order valence-corrected chi connectivity index (χ2v) is 7.10. The zero-order valence-electron chi connectivity index (χ0n) is 16.9. The van der Waals surface area contributed by atoms with Crippen molar-refractivity contribution in [3.05, 3.63) is 96.1 Å². The Morgan fingerprint density at radius 1 is 0.806 bits per heavy atom. The number of halogens is 3. The highest BCUT2D eigenvalue weighted by atomic mass is 19.4. The molecule has 0 aliphatic rings. The Morgan fingerprint density at radius 2 is 1.39 bits per heavy atom. The molecule has 1 N–H and O–H groups in total. The molecule has 4 nitrogen and oxygen atoms in total. The predicted molar refractivity (Wildman–Crippen MR) is 111 cm³/mol. The van der Waals surface area contributed by atoms with Gasteiger partial charge in [0, 0.05) is 13.0 Å². The third kappa shape index (κ3) is 6.25. The van der Waals surface area contributed by atoms with E-state index in [0.29, 0.717) is 17.9 Å². The van der Waals surface area contributed by atoms with E-state index in [1.807, 2.05) is 43.3 Å². The molecule has 3 aromatic carbocycles. The number of amides is 1. The standard InChI is InChI=1S/C24H22F3NO3/c1-23(18-8-4-2-5-9-18,31-21-14-12-19(13-15-21)24(25,26)27)16-17-28-22(29)30-20-10-6-3-7-11-20/h2-15H,16-17H2,1H3,(H,28,29). The minimum Gasteiger partial charge on any atom is -0.483 e. The fourth-order valence-corrected chi connectivity index (χ4v) is 3.05. The predicted octanol–water partition coefficient (Wildman–Crippen LogP) is 6.18. The van der Waals surface area contributed by atoms with Crippen molar-refractivity contribution in [1.29, 1.82) is 0 Å². The molecule has 0 aliphatic heterocycles. The third-order valence-electron chi connectivity index (χ3n) is 4.73. The van der Waals surface area contributed by atoms with Crippen LogP contribution in [-0.4, -0.2) is 12.6 Å². The van der Waals surface area contributed by atoms with Crippen LogP contribution in [0, 0.1) is 0 Å². The zero-order valence-corrected chi connectivity index (χ0v) is 16.9. The molecule has 162 valence electrons. The summed E-state index contributed by atoms with van der Waals surface area (Å²) < 4.78 is 49.8. The van der Waals surface area contributed by atoms with Crippen LogP contribution in [0.15, 0.2) is 84.9 Å². The van der Waals surface area contributed by atoms with Crippen molar-refractivity contribution in [3.8, 4) is 11.5 Å². The highest BCUT2D eigenvalue weighted by molar-refractivity contribution is 5.70. The lowest BCUT2D eigenvalue weighted by molar-refractivity contribution is -0.137. The molecular weight excluding hydrogens is 407 g/mol. The van der Waals surface area contributed by atoms with E-state index in [-0.39, 0.29) is 6.54 Å². The second kappa shape index (κ2) is 9.55. The summed E-state index contributed by atoms with van der Waals surface area (Å²) in [6.45, 7) is 2.06. The Hall–Kier alpha value is -3.48. The number of alkyl halides is 3. The van der Waals surface area contributed by atoms with Crippen LogP contribution in [0.5, 0.6) is 11.5 Å². The van der Waals surface area contributed by atoms with Crippen LogP contribution >= 0.6 is 0 Å². The largest absolute Gasteiger partial charge is 0.483 e. The van der Waals surface area contributed by atoms with Gasteiger partial charge in [0.15, 0.2) is 0 Å². The molecule has 0 spiro atoms.